The lowest BCUT2D eigenvalue weighted by Crippen LogP contribution is -2.43. The van der Waals surface area contributed by atoms with E-state index in [4.69, 9.17) is 16.0 Å². The first-order valence-corrected chi connectivity index (χ1v) is 5.97. The quantitative estimate of drug-likeness (QED) is 0.496. The Kier molecular flexibility index (Phi) is 5.46. The van der Waals surface area contributed by atoms with E-state index in [1.165, 1.54) is 0 Å². The fraction of sp³-hybridized carbons (Fsp3) is 1.00. The summed E-state index contributed by atoms with van der Waals surface area (Å²) in [6.45, 7) is 8.85. The molecule has 0 N–H and O–H groups in total. The molecule has 1 nitrogen and oxygen atoms in total. The molecule has 0 rings (SSSR count). The van der Waals surface area contributed by atoms with Gasteiger partial charge in [0.25, 0.3) is 0 Å². The molecule has 0 heterocycles. The zero-order chi connectivity index (χ0) is 9.78. The number of halogens is 1. The zero-order valence-corrected chi connectivity index (χ0v) is 11.6. The highest BCUT2D eigenvalue weighted by Crippen LogP contribution is 2.33. The summed E-state index contributed by atoms with van der Waals surface area (Å²) in [5, 5.41) is 0. The van der Waals surface area contributed by atoms with E-state index in [0.29, 0.717) is 17.7 Å². The van der Waals surface area contributed by atoms with E-state index in [-0.39, 0.29) is 5.60 Å². The third-order valence-electron chi connectivity index (χ3n) is 2.82. The molecule has 12 heavy (non-hydrogen) atoms. The minimum atomic E-state index is 0.0218. The van der Waals surface area contributed by atoms with Crippen molar-refractivity contribution in [2.24, 2.45) is 11.8 Å². The summed E-state index contributed by atoms with van der Waals surface area (Å²) in [7, 11) is 0.797. The van der Waals surface area contributed by atoms with Crippen LogP contribution >= 0.6 is 11.6 Å². The maximum atomic E-state index is 5.79. The van der Waals surface area contributed by atoms with Gasteiger partial charge in [0.05, 0.1) is 5.60 Å². The Labute approximate surface area is 84.4 Å². The number of alkyl halides is 1. The fourth-order valence-corrected chi connectivity index (χ4v) is 3.41. The lowest BCUT2D eigenvalue weighted by atomic mass is 9.78. The lowest BCUT2D eigenvalue weighted by molar-refractivity contribution is -0.0171. The first-order valence-electron chi connectivity index (χ1n) is 4.62. The Morgan fingerprint density at radius 3 is 1.75 bits per heavy atom. The van der Waals surface area contributed by atoms with Crippen LogP contribution in [0.5, 0.6) is 0 Å². The van der Waals surface area contributed by atoms with Crippen LogP contribution in [-0.4, -0.2) is 22.0 Å². The van der Waals surface area contributed by atoms with Gasteiger partial charge in [0.1, 0.15) is 10.5 Å². The Morgan fingerprint density at radius 2 is 1.67 bits per heavy atom. The van der Waals surface area contributed by atoms with Gasteiger partial charge in [0, 0.05) is 5.88 Å². The standard InChI is InChI=1S/C9H21ClOSi/c1-7(2)9(11-12,5-6-10)8(3)4/h7-8H,5-6H2,1-4,12H3. The second-order valence-electron chi connectivity index (χ2n) is 3.91. The predicted molar refractivity (Wildman–Crippen MR) is 58.8 cm³/mol. The van der Waals surface area contributed by atoms with Gasteiger partial charge in [0.2, 0.25) is 0 Å². The van der Waals surface area contributed by atoms with Crippen molar-refractivity contribution in [1.82, 2.24) is 0 Å². The van der Waals surface area contributed by atoms with Crippen LogP contribution in [0.1, 0.15) is 34.1 Å². The summed E-state index contributed by atoms with van der Waals surface area (Å²) in [6, 6.07) is 0. The first-order chi connectivity index (χ1) is 5.51. The van der Waals surface area contributed by atoms with Gasteiger partial charge in [-0.3, -0.25) is 0 Å². The lowest BCUT2D eigenvalue weighted by Gasteiger charge is -2.40. The molecule has 0 fully saturated rings. The largest absolute Gasteiger partial charge is 0.422 e. The molecule has 0 aliphatic heterocycles. The van der Waals surface area contributed by atoms with Crippen molar-refractivity contribution in [3.8, 4) is 0 Å². The van der Waals surface area contributed by atoms with Crippen molar-refractivity contribution in [2.75, 3.05) is 5.88 Å². The van der Waals surface area contributed by atoms with Crippen LogP contribution in [0.3, 0.4) is 0 Å². The summed E-state index contributed by atoms with van der Waals surface area (Å²) in [5.74, 6) is 1.79. The van der Waals surface area contributed by atoms with Crippen LogP contribution in [-0.2, 0) is 4.43 Å². The van der Waals surface area contributed by atoms with Crippen molar-refractivity contribution in [2.45, 2.75) is 39.7 Å². The summed E-state index contributed by atoms with van der Waals surface area (Å²) in [5.41, 5.74) is 0.0218. The highest BCUT2D eigenvalue weighted by Gasteiger charge is 2.35. The average Bonchev–Trinajstić information content (AvgIpc) is 1.98. The van der Waals surface area contributed by atoms with Gasteiger partial charge >= 0.3 is 0 Å². The topological polar surface area (TPSA) is 9.23 Å². The SMILES string of the molecule is CC(C)C(CCCl)(O[SiH3])C(C)C. The molecule has 0 unspecified atom stereocenters. The summed E-state index contributed by atoms with van der Waals surface area (Å²) < 4.78 is 5.76. The molecule has 0 aliphatic carbocycles. The molecular formula is C9H21ClOSi. The zero-order valence-electron chi connectivity index (χ0n) is 8.86. The molecule has 74 valence electrons. The minimum absolute atomic E-state index is 0.0218. The van der Waals surface area contributed by atoms with Crippen molar-refractivity contribution in [3.63, 3.8) is 0 Å². The molecule has 0 aromatic carbocycles. The van der Waals surface area contributed by atoms with E-state index in [1.807, 2.05) is 0 Å². The van der Waals surface area contributed by atoms with Crippen LogP contribution < -0.4 is 0 Å². The van der Waals surface area contributed by atoms with E-state index in [9.17, 15) is 0 Å². The van der Waals surface area contributed by atoms with Gasteiger partial charge < -0.3 is 4.43 Å². The summed E-state index contributed by atoms with van der Waals surface area (Å²) >= 11 is 5.79. The van der Waals surface area contributed by atoms with Crippen molar-refractivity contribution in [3.05, 3.63) is 0 Å². The molecule has 0 saturated carbocycles. The van der Waals surface area contributed by atoms with Gasteiger partial charge in [-0.15, -0.1) is 11.6 Å². The second kappa shape index (κ2) is 5.25. The Hall–Kier alpha value is 0.467. The molecule has 0 atom stereocenters. The first kappa shape index (κ1) is 12.5. The van der Waals surface area contributed by atoms with Crippen LogP contribution in [0, 0.1) is 11.8 Å². The highest BCUT2D eigenvalue weighted by molar-refractivity contribution is 6.17. The highest BCUT2D eigenvalue weighted by atomic mass is 35.5. The van der Waals surface area contributed by atoms with Gasteiger partial charge in [0.15, 0.2) is 0 Å². The van der Waals surface area contributed by atoms with Crippen molar-refractivity contribution < 1.29 is 4.43 Å². The molecule has 0 amide bonds. The van der Waals surface area contributed by atoms with E-state index < -0.39 is 0 Å². The third-order valence-corrected chi connectivity index (χ3v) is 3.77. The van der Waals surface area contributed by atoms with Crippen LogP contribution in [0.2, 0.25) is 0 Å². The molecule has 0 aliphatic rings. The molecule has 0 saturated heterocycles. The van der Waals surface area contributed by atoms with Gasteiger partial charge in [-0.2, -0.15) is 0 Å². The summed E-state index contributed by atoms with van der Waals surface area (Å²) in [6.07, 6.45) is 0.966. The third kappa shape index (κ3) is 2.48. The Balaban J connectivity index is 4.51. The minimum Gasteiger partial charge on any atom is -0.422 e. The van der Waals surface area contributed by atoms with Crippen LogP contribution in [0.4, 0.5) is 0 Å². The van der Waals surface area contributed by atoms with E-state index in [0.717, 1.165) is 16.9 Å². The smallest absolute Gasteiger partial charge is 0.146 e. The Bertz CT molecular complexity index is 118. The maximum Gasteiger partial charge on any atom is 0.146 e. The Morgan fingerprint density at radius 1 is 1.25 bits per heavy atom. The molecule has 3 heteroatoms. The molecule has 0 radical (unpaired) electrons. The average molecular weight is 209 g/mol. The van der Waals surface area contributed by atoms with Gasteiger partial charge in [-0.25, -0.2) is 0 Å². The molecule has 0 bridgehead atoms. The monoisotopic (exact) mass is 208 g/mol. The van der Waals surface area contributed by atoms with Gasteiger partial charge in [-0.1, -0.05) is 27.7 Å². The van der Waals surface area contributed by atoms with E-state index in [1.54, 1.807) is 0 Å². The molecular weight excluding hydrogens is 188 g/mol. The second-order valence-corrected chi connectivity index (χ2v) is 4.69. The van der Waals surface area contributed by atoms with E-state index in [2.05, 4.69) is 27.7 Å². The number of rotatable bonds is 5. The maximum absolute atomic E-state index is 5.79. The van der Waals surface area contributed by atoms with Crippen LogP contribution in [0.25, 0.3) is 0 Å². The van der Waals surface area contributed by atoms with Gasteiger partial charge in [-0.05, 0) is 18.3 Å². The van der Waals surface area contributed by atoms with Crippen molar-refractivity contribution >= 4 is 22.1 Å². The number of hydrogen-bond donors (Lipinski definition) is 0. The number of hydrogen-bond acceptors (Lipinski definition) is 1. The fourth-order valence-electron chi connectivity index (χ4n) is 1.97. The molecule has 0 aromatic rings. The summed E-state index contributed by atoms with van der Waals surface area (Å²) in [4.78, 5) is 0. The predicted octanol–water partition coefficient (Wildman–Crippen LogP) is 1.96. The van der Waals surface area contributed by atoms with E-state index >= 15 is 0 Å². The van der Waals surface area contributed by atoms with Crippen LogP contribution in [0.15, 0.2) is 0 Å². The normalized spacial score (nSPS) is 13.2. The molecule has 0 spiro atoms. The van der Waals surface area contributed by atoms with Crippen molar-refractivity contribution in [1.29, 1.82) is 0 Å². The molecule has 0 aromatic heterocycles.